The molecule has 0 N–H and O–H groups in total. The van der Waals surface area contributed by atoms with E-state index < -0.39 is 0 Å². The van der Waals surface area contributed by atoms with E-state index in [-0.39, 0.29) is 12.1 Å². The van der Waals surface area contributed by atoms with Gasteiger partial charge in [0.25, 0.3) is 0 Å². The zero-order chi connectivity index (χ0) is 9.26. The van der Waals surface area contributed by atoms with Crippen molar-refractivity contribution in [1.82, 2.24) is 0 Å². The highest BCUT2D eigenvalue weighted by molar-refractivity contribution is 5.24. The molecule has 0 atom stereocenters. The molecule has 2 nitrogen and oxygen atoms in total. The third-order valence-electron chi connectivity index (χ3n) is 2.09. The van der Waals surface area contributed by atoms with Gasteiger partial charge in [-0.3, -0.25) is 0 Å². The molecule has 0 amide bonds. The summed E-state index contributed by atoms with van der Waals surface area (Å²) in [7, 11) is 0. The largest absolute Gasteiger partial charge is 0.346 e. The predicted octanol–water partition coefficient (Wildman–Crippen LogP) is 2.18. The molecule has 3 heteroatoms. The average molecular weight is 182 g/mol. The number of ether oxygens (including phenoxy) is 2. The van der Waals surface area contributed by atoms with Crippen LogP contribution in [0.15, 0.2) is 18.2 Å². The maximum atomic E-state index is 13.1. The Morgan fingerprint density at radius 2 is 2.00 bits per heavy atom. The Morgan fingerprint density at radius 3 is 2.62 bits per heavy atom. The van der Waals surface area contributed by atoms with E-state index in [1.54, 1.807) is 13.0 Å². The standard InChI is InChI=1S/C10H11FO2/c1-7-2-3-8(6-9(7)11)10-12-4-5-13-10/h2-3,6,10H,4-5H2,1H3. The summed E-state index contributed by atoms with van der Waals surface area (Å²) in [6.45, 7) is 2.90. The van der Waals surface area contributed by atoms with Gasteiger partial charge in [0.2, 0.25) is 0 Å². The molecule has 0 saturated carbocycles. The summed E-state index contributed by atoms with van der Waals surface area (Å²) in [5, 5.41) is 0. The molecular formula is C10H11FO2. The van der Waals surface area contributed by atoms with Gasteiger partial charge >= 0.3 is 0 Å². The molecule has 1 aromatic rings. The number of hydrogen-bond acceptors (Lipinski definition) is 2. The fourth-order valence-electron chi connectivity index (χ4n) is 1.31. The molecule has 0 bridgehead atoms. The van der Waals surface area contributed by atoms with Crippen LogP contribution in [0.4, 0.5) is 4.39 Å². The molecule has 0 radical (unpaired) electrons. The predicted molar refractivity (Wildman–Crippen MR) is 45.8 cm³/mol. The lowest BCUT2D eigenvalue weighted by atomic mass is 10.1. The van der Waals surface area contributed by atoms with Crippen molar-refractivity contribution < 1.29 is 13.9 Å². The molecule has 1 heterocycles. The van der Waals surface area contributed by atoms with E-state index in [2.05, 4.69) is 0 Å². The van der Waals surface area contributed by atoms with Crippen molar-refractivity contribution in [1.29, 1.82) is 0 Å². The molecule has 1 aliphatic rings. The zero-order valence-electron chi connectivity index (χ0n) is 7.42. The number of aryl methyl sites for hydroxylation is 1. The van der Waals surface area contributed by atoms with Gasteiger partial charge in [0.1, 0.15) is 5.82 Å². The van der Waals surface area contributed by atoms with E-state index >= 15 is 0 Å². The molecule has 0 unspecified atom stereocenters. The highest BCUT2D eigenvalue weighted by atomic mass is 19.1. The lowest BCUT2D eigenvalue weighted by Crippen LogP contribution is -1.99. The summed E-state index contributed by atoms with van der Waals surface area (Å²) in [6.07, 6.45) is -0.380. The average Bonchev–Trinajstić information content (AvgIpc) is 2.62. The van der Waals surface area contributed by atoms with Crippen molar-refractivity contribution in [3.8, 4) is 0 Å². The Morgan fingerprint density at radius 1 is 1.31 bits per heavy atom. The summed E-state index contributed by atoms with van der Waals surface area (Å²) in [5.74, 6) is -0.211. The SMILES string of the molecule is Cc1ccc(C2OCCO2)cc1F. The van der Waals surface area contributed by atoms with Crippen molar-refractivity contribution in [2.75, 3.05) is 13.2 Å². The Balaban J connectivity index is 2.25. The van der Waals surface area contributed by atoms with Gasteiger partial charge in [-0.25, -0.2) is 4.39 Å². The van der Waals surface area contributed by atoms with Gasteiger partial charge < -0.3 is 9.47 Å². The Kier molecular flexibility index (Phi) is 2.29. The molecule has 1 aromatic carbocycles. The highest BCUT2D eigenvalue weighted by Crippen LogP contribution is 2.24. The number of hydrogen-bond donors (Lipinski definition) is 0. The minimum atomic E-state index is -0.380. The lowest BCUT2D eigenvalue weighted by Gasteiger charge is -2.09. The van der Waals surface area contributed by atoms with Crippen molar-refractivity contribution in [3.63, 3.8) is 0 Å². The molecule has 0 aliphatic carbocycles. The molecule has 0 aromatic heterocycles. The van der Waals surface area contributed by atoms with Crippen molar-refractivity contribution >= 4 is 0 Å². The van der Waals surface area contributed by atoms with E-state index in [9.17, 15) is 4.39 Å². The molecule has 1 fully saturated rings. The Bertz CT molecular complexity index is 306. The van der Waals surface area contributed by atoms with Crippen LogP contribution in [0, 0.1) is 12.7 Å². The van der Waals surface area contributed by atoms with E-state index in [0.717, 1.165) is 5.56 Å². The zero-order valence-corrected chi connectivity index (χ0v) is 7.42. The van der Waals surface area contributed by atoms with Crippen LogP contribution in [0.2, 0.25) is 0 Å². The highest BCUT2D eigenvalue weighted by Gasteiger charge is 2.18. The third-order valence-corrected chi connectivity index (χ3v) is 2.09. The Labute approximate surface area is 76.3 Å². The van der Waals surface area contributed by atoms with Gasteiger partial charge in [-0.2, -0.15) is 0 Å². The second kappa shape index (κ2) is 3.44. The van der Waals surface area contributed by atoms with Crippen LogP contribution in [0.3, 0.4) is 0 Å². The lowest BCUT2D eigenvalue weighted by molar-refractivity contribution is -0.0443. The fourth-order valence-corrected chi connectivity index (χ4v) is 1.31. The van der Waals surface area contributed by atoms with E-state index in [4.69, 9.17) is 9.47 Å². The van der Waals surface area contributed by atoms with Crippen molar-refractivity contribution in [2.45, 2.75) is 13.2 Å². The maximum Gasteiger partial charge on any atom is 0.184 e. The molecule has 1 aliphatic heterocycles. The summed E-state index contributed by atoms with van der Waals surface area (Å²) in [5.41, 5.74) is 1.39. The van der Waals surface area contributed by atoms with E-state index in [1.807, 2.05) is 6.07 Å². The first-order valence-electron chi connectivity index (χ1n) is 4.26. The molecular weight excluding hydrogens is 171 g/mol. The Hall–Kier alpha value is -0.930. The maximum absolute atomic E-state index is 13.1. The van der Waals surface area contributed by atoms with Crippen molar-refractivity contribution in [2.24, 2.45) is 0 Å². The molecule has 13 heavy (non-hydrogen) atoms. The van der Waals surface area contributed by atoms with Crippen LogP contribution >= 0.6 is 0 Å². The number of benzene rings is 1. The smallest absolute Gasteiger partial charge is 0.184 e. The monoisotopic (exact) mass is 182 g/mol. The molecule has 0 spiro atoms. The van der Waals surface area contributed by atoms with Gasteiger partial charge in [-0.1, -0.05) is 12.1 Å². The van der Waals surface area contributed by atoms with Gasteiger partial charge in [-0.15, -0.1) is 0 Å². The summed E-state index contributed by atoms with van der Waals surface area (Å²) in [4.78, 5) is 0. The van der Waals surface area contributed by atoms with Crippen LogP contribution in [0.25, 0.3) is 0 Å². The van der Waals surface area contributed by atoms with E-state index in [1.165, 1.54) is 6.07 Å². The van der Waals surface area contributed by atoms with Gasteiger partial charge in [0.15, 0.2) is 6.29 Å². The fraction of sp³-hybridized carbons (Fsp3) is 0.400. The van der Waals surface area contributed by atoms with Crippen LogP contribution in [-0.4, -0.2) is 13.2 Å². The number of rotatable bonds is 1. The molecule has 2 rings (SSSR count). The topological polar surface area (TPSA) is 18.5 Å². The van der Waals surface area contributed by atoms with Crippen molar-refractivity contribution in [3.05, 3.63) is 35.1 Å². The minimum Gasteiger partial charge on any atom is -0.346 e. The normalized spacial score (nSPS) is 18.0. The third kappa shape index (κ3) is 1.71. The first-order chi connectivity index (χ1) is 6.27. The van der Waals surface area contributed by atoms with E-state index in [0.29, 0.717) is 18.8 Å². The van der Waals surface area contributed by atoms with Crippen LogP contribution in [0.5, 0.6) is 0 Å². The first kappa shape index (κ1) is 8.66. The second-order valence-corrected chi connectivity index (χ2v) is 3.08. The van der Waals surface area contributed by atoms with Crippen LogP contribution in [0.1, 0.15) is 17.4 Å². The first-order valence-corrected chi connectivity index (χ1v) is 4.26. The van der Waals surface area contributed by atoms with Gasteiger partial charge in [-0.05, 0) is 18.6 Å². The summed E-state index contributed by atoms with van der Waals surface area (Å²) in [6, 6.07) is 5.02. The summed E-state index contributed by atoms with van der Waals surface area (Å²) < 4.78 is 23.6. The van der Waals surface area contributed by atoms with Crippen LogP contribution < -0.4 is 0 Å². The number of halogens is 1. The second-order valence-electron chi connectivity index (χ2n) is 3.08. The van der Waals surface area contributed by atoms with Gasteiger partial charge in [0.05, 0.1) is 13.2 Å². The quantitative estimate of drug-likeness (QED) is 0.662. The van der Waals surface area contributed by atoms with Crippen LogP contribution in [-0.2, 0) is 9.47 Å². The molecule has 1 saturated heterocycles. The van der Waals surface area contributed by atoms with Gasteiger partial charge in [0, 0.05) is 5.56 Å². The minimum absolute atomic E-state index is 0.211. The summed E-state index contributed by atoms with van der Waals surface area (Å²) >= 11 is 0. The molecule has 70 valence electrons.